The molecule has 2 heterocycles. The lowest BCUT2D eigenvalue weighted by atomic mass is 9.88. The highest BCUT2D eigenvalue weighted by Crippen LogP contribution is 2.40. The molecule has 2 aromatic heterocycles. The van der Waals surface area contributed by atoms with Crippen molar-refractivity contribution >= 4 is 74.9 Å². The van der Waals surface area contributed by atoms with Gasteiger partial charge in [-0.25, -0.2) is 4.79 Å². The van der Waals surface area contributed by atoms with Crippen LogP contribution in [0.4, 0.5) is 10.7 Å². The second kappa shape index (κ2) is 14.7. The number of thioether (sulfide) groups is 1. The largest absolute Gasteiger partial charge is 0.465 e. The van der Waals surface area contributed by atoms with E-state index in [1.807, 2.05) is 29.0 Å². The van der Waals surface area contributed by atoms with E-state index in [4.69, 9.17) is 4.74 Å². The molecule has 4 aromatic rings. The van der Waals surface area contributed by atoms with E-state index in [1.54, 1.807) is 55.5 Å². The highest BCUT2D eigenvalue weighted by atomic mass is 32.2. The molecule has 232 valence electrons. The van der Waals surface area contributed by atoms with Gasteiger partial charge in [-0.15, -0.1) is 23.1 Å². The minimum atomic E-state index is -0.501. The molecule has 2 atom stereocenters. The zero-order valence-corrected chi connectivity index (χ0v) is 27.5. The number of benzene rings is 2. The van der Waals surface area contributed by atoms with Gasteiger partial charge in [0.15, 0.2) is 0 Å². The lowest BCUT2D eigenvalue weighted by Gasteiger charge is -2.18. The number of carbonyl (C=O) groups excluding carboxylic acids is 4. The lowest BCUT2D eigenvalue weighted by molar-refractivity contribution is -0.115. The number of ether oxygens (including phenoxy) is 1. The molecule has 0 spiro atoms. The number of amides is 3. The number of thiophene rings is 2. The fourth-order valence-electron chi connectivity index (χ4n) is 4.94. The second-order valence-corrected chi connectivity index (χ2v) is 14.0. The average molecular weight is 660 g/mol. The highest BCUT2D eigenvalue weighted by Gasteiger charge is 2.29. The van der Waals surface area contributed by atoms with E-state index in [2.05, 4.69) is 22.9 Å². The number of carbonyl (C=O) groups is 4. The molecule has 0 saturated carbocycles. The molecule has 2 aromatic carbocycles. The van der Waals surface area contributed by atoms with Gasteiger partial charge in [0.25, 0.3) is 11.8 Å². The molecule has 3 N–H and O–H groups in total. The fourth-order valence-corrected chi connectivity index (χ4v) is 7.89. The summed E-state index contributed by atoms with van der Waals surface area (Å²) in [4.78, 5) is 54.1. The van der Waals surface area contributed by atoms with Crippen LogP contribution < -0.4 is 16.0 Å². The summed E-state index contributed by atoms with van der Waals surface area (Å²) in [6, 6.07) is 17.7. The molecule has 5 rings (SSSR count). The zero-order chi connectivity index (χ0) is 31.9. The first-order chi connectivity index (χ1) is 21.7. The van der Waals surface area contributed by atoms with E-state index in [0.29, 0.717) is 27.7 Å². The predicted molar refractivity (Wildman–Crippen MR) is 182 cm³/mol. The monoisotopic (exact) mass is 659 g/mol. The van der Waals surface area contributed by atoms with Gasteiger partial charge in [0.05, 0.1) is 17.9 Å². The van der Waals surface area contributed by atoms with Crippen molar-refractivity contribution in [1.29, 1.82) is 0 Å². The Kier molecular flexibility index (Phi) is 10.5. The van der Waals surface area contributed by atoms with Crippen LogP contribution in [-0.2, 0) is 27.2 Å². The molecule has 2 unspecified atom stereocenters. The number of nitrogens with one attached hydrogen (secondary N) is 3. The Labute approximate surface area is 274 Å². The molecular formula is C34H33N3O5S3. The van der Waals surface area contributed by atoms with Gasteiger partial charge in [0, 0.05) is 21.0 Å². The predicted octanol–water partition coefficient (Wildman–Crippen LogP) is 7.25. The second-order valence-electron chi connectivity index (χ2n) is 10.7. The number of anilines is 2. The summed E-state index contributed by atoms with van der Waals surface area (Å²) >= 11 is 4.27. The van der Waals surface area contributed by atoms with Gasteiger partial charge in [-0.2, -0.15) is 11.3 Å². The van der Waals surface area contributed by atoms with Crippen molar-refractivity contribution < 1.29 is 23.9 Å². The van der Waals surface area contributed by atoms with E-state index in [-0.39, 0.29) is 11.6 Å². The van der Waals surface area contributed by atoms with Gasteiger partial charge in [-0.1, -0.05) is 31.2 Å². The van der Waals surface area contributed by atoms with Crippen LogP contribution in [0.15, 0.2) is 82.0 Å². The third-order valence-electron chi connectivity index (χ3n) is 7.29. The van der Waals surface area contributed by atoms with Gasteiger partial charge < -0.3 is 20.7 Å². The number of methoxy groups -OCH3 is 1. The van der Waals surface area contributed by atoms with Crippen molar-refractivity contribution in [3.8, 4) is 0 Å². The number of hydrogen-bond donors (Lipinski definition) is 3. The van der Waals surface area contributed by atoms with Crippen LogP contribution in [0.1, 0.15) is 57.0 Å². The first-order valence-corrected chi connectivity index (χ1v) is 17.1. The molecular weight excluding hydrogens is 627 g/mol. The van der Waals surface area contributed by atoms with Crippen LogP contribution >= 0.6 is 34.4 Å². The molecule has 0 fully saturated rings. The van der Waals surface area contributed by atoms with Gasteiger partial charge >= 0.3 is 5.97 Å². The smallest absolute Gasteiger partial charge is 0.341 e. The highest BCUT2D eigenvalue weighted by molar-refractivity contribution is 8.00. The summed E-state index contributed by atoms with van der Waals surface area (Å²) in [5.74, 6) is -1.03. The summed E-state index contributed by atoms with van der Waals surface area (Å²) in [6.45, 7) is 3.98. The Bertz CT molecular complexity index is 1730. The maximum atomic E-state index is 13.4. The minimum absolute atomic E-state index is 0.0995. The Morgan fingerprint density at radius 3 is 2.58 bits per heavy atom. The summed E-state index contributed by atoms with van der Waals surface area (Å²) in [5, 5.41) is 12.4. The molecule has 0 bridgehead atoms. The van der Waals surface area contributed by atoms with Gasteiger partial charge in [-0.05, 0) is 96.5 Å². The molecule has 11 heteroatoms. The van der Waals surface area contributed by atoms with Crippen molar-refractivity contribution in [2.24, 2.45) is 5.92 Å². The molecule has 45 heavy (non-hydrogen) atoms. The summed E-state index contributed by atoms with van der Waals surface area (Å²) < 4.78 is 5.05. The SMILES string of the molecule is COC(=O)c1c(NC(=O)C(C)Sc2cccc(NC(=O)/C(=C/c3ccsc3)NC(=O)c3ccccc3)c2)sc2c1CCC(C)C2. The van der Waals surface area contributed by atoms with Crippen molar-refractivity contribution in [1.82, 2.24) is 5.32 Å². The van der Waals surface area contributed by atoms with Crippen LogP contribution in [-0.4, -0.2) is 36.1 Å². The Morgan fingerprint density at radius 2 is 1.84 bits per heavy atom. The molecule has 0 radical (unpaired) electrons. The standard InChI is InChI=1S/C34H33N3O5S3/c1-20-12-13-26-28(16-20)45-33(29(26)34(41)42-3)37-30(38)21(2)44-25-11-7-10-24(18-25)35-32(40)27(17-22-14-15-43-19-22)36-31(39)23-8-5-4-6-9-23/h4-11,14-15,17-21H,12-13,16H2,1-3H3,(H,35,40)(H,36,39)(H,37,38)/b27-17-. The number of fused-ring (bicyclic) bond motifs is 1. The number of esters is 1. The Morgan fingerprint density at radius 1 is 1.04 bits per heavy atom. The quantitative estimate of drug-likeness (QED) is 0.0939. The average Bonchev–Trinajstić information content (AvgIpc) is 3.68. The van der Waals surface area contributed by atoms with Crippen molar-refractivity contribution in [3.05, 3.63) is 104 Å². The van der Waals surface area contributed by atoms with E-state index in [0.717, 1.165) is 40.2 Å². The molecule has 3 amide bonds. The van der Waals surface area contributed by atoms with E-state index < -0.39 is 23.0 Å². The third-order valence-corrected chi connectivity index (χ3v) is 10.3. The molecule has 0 aliphatic heterocycles. The third kappa shape index (κ3) is 8.10. The first kappa shape index (κ1) is 32.2. The summed E-state index contributed by atoms with van der Waals surface area (Å²) in [5.41, 5.74) is 3.28. The topological polar surface area (TPSA) is 114 Å². The number of hydrogen-bond acceptors (Lipinski definition) is 8. The Balaban J connectivity index is 1.27. The molecule has 1 aliphatic rings. The fraction of sp³-hybridized carbons (Fsp3) is 0.235. The Hall–Kier alpha value is -4.19. The van der Waals surface area contributed by atoms with Crippen LogP contribution in [0.2, 0.25) is 0 Å². The molecule has 1 aliphatic carbocycles. The van der Waals surface area contributed by atoms with Crippen LogP contribution in [0, 0.1) is 5.92 Å². The van der Waals surface area contributed by atoms with E-state index in [9.17, 15) is 19.2 Å². The van der Waals surface area contributed by atoms with Crippen molar-refractivity contribution in [3.63, 3.8) is 0 Å². The number of rotatable bonds is 10. The molecule has 0 saturated heterocycles. The van der Waals surface area contributed by atoms with Gasteiger partial charge in [0.2, 0.25) is 5.91 Å². The van der Waals surface area contributed by atoms with Gasteiger partial charge in [-0.3, -0.25) is 14.4 Å². The lowest BCUT2D eigenvalue weighted by Crippen LogP contribution is -2.30. The zero-order valence-electron chi connectivity index (χ0n) is 25.0. The maximum absolute atomic E-state index is 13.4. The molecule has 8 nitrogen and oxygen atoms in total. The minimum Gasteiger partial charge on any atom is -0.465 e. The van der Waals surface area contributed by atoms with Gasteiger partial charge in [0.1, 0.15) is 10.7 Å². The summed E-state index contributed by atoms with van der Waals surface area (Å²) in [6.07, 6.45) is 4.28. The van der Waals surface area contributed by atoms with Crippen LogP contribution in [0.5, 0.6) is 0 Å². The normalized spacial score (nSPS) is 15.0. The first-order valence-electron chi connectivity index (χ1n) is 14.4. The van der Waals surface area contributed by atoms with E-state index >= 15 is 0 Å². The van der Waals surface area contributed by atoms with Crippen molar-refractivity contribution in [2.75, 3.05) is 17.7 Å². The van der Waals surface area contributed by atoms with Crippen molar-refractivity contribution in [2.45, 2.75) is 43.3 Å². The van der Waals surface area contributed by atoms with Crippen LogP contribution in [0.25, 0.3) is 6.08 Å². The summed E-state index contributed by atoms with van der Waals surface area (Å²) in [7, 11) is 1.35. The van der Waals surface area contributed by atoms with Crippen LogP contribution in [0.3, 0.4) is 0 Å². The maximum Gasteiger partial charge on any atom is 0.341 e. The van der Waals surface area contributed by atoms with E-state index in [1.165, 1.54) is 41.5 Å².